The molecule has 0 amide bonds. The van der Waals surface area contributed by atoms with Gasteiger partial charge in [0.1, 0.15) is 5.82 Å². The summed E-state index contributed by atoms with van der Waals surface area (Å²) in [6.07, 6.45) is 1.79. The van der Waals surface area contributed by atoms with Crippen LogP contribution in [-0.4, -0.2) is 74.3 Å². The van der Waals surface area contributed by atoms with Crippen molar-refractivity contribution in [2.24, 2.45) is 9.98 Å². The van der Waals surface area contributed by atoms with E-state index in [-0.39, 0.29) is 34.1 Å². The number of halogens is 2. The highest BCUT2D eigenvalue weighted by molar-refractivity contribution is 6.06. The minimum atomic E-state index is -0.739. The van der Waals surface area contributed by atoms with E-state index < -0.39 is 11.6 Å². The lowest BCUT2D eigenvalue weighted by atomic mass is 10.2. The number of aryl methyl sites for hydroxylation is 1. The van der Waals surface area contributed by atoms with E-state index >= 15 is 4.39 Å². The van der Waals surface area contributed by atoms with Crippen LogP contribution in [0, 0.1) is 18.6 Å². The summed E-state index contributed by atoms with van der Waals surface area (Å²) >= 11 is 0. The van der Waals surface area contributed by atoms with Crippen LogP contribution in [0.3, 0.4) is 0 Å². The number of aliphatic imine (C=N–C) groups is 2. The van der Waals surface area contributed by atoms with Crippen molar-refractivity contribution in [2.45, 2.75) is 13.8 Å². The number of pyridine rings is 1. The Bertz CT molecular complexity index is 1330. The number of hydrogen-bond donors (Lipinski definition) is 2. The Kier molecular flexibility index (Phi) is 8.02. The monoisotopic (exact) mass is 511 g/mol. The molecule has 3 aromatic rings. The van der Waals surface area contributed by atoms with E-state index in [1.807, 2.05) is 12.1 Å². The first-order valence-corrected chi connectivity index (χ1v) is 12.0. The maximum absolute atomic E-state index is 15.1. The van der Waals surface area contributed by atoms with Crippen LogP contribution >= 0.6 is 0 Å². The van der Waals surface area contributed by atoms with E-state index in [0.29, 0.717) is 11.5 Å². The van der Waals surface area contributed by atoms with Gasteiger partial charge in [0.15, 0.2) is 23.2 Å². The van der Waals surface area contributed by atoms with Gasteiger partial charge in [-0.3, -0.25) is 4.99 Å². The molecule has 9 nitrogen and oxygen atoms in total. The second kappa shape index (κ2) is 11.4. The van der Waals surface area contributed by atoms with Crippen molar-refractivity contribution >= 4 is 35.0 Å². The highest BCUT2D eigenvalue weighted by Gasteiger charge is 2.22. The Hall–Kier alpha value is -3.99. The maximum atomic E-state index is 15.1. The molecule has 0 bridgehead atoms. The lowest BCUT2D eigenvalue weighted by Crippen LogP contribution is -2.46. The number of likely N-dealkylation sites (N-methyl/N-ethyl adjacent to an activating group) is 1. The van der Waals surface area contributed by atoms with Crippen molar-refractivity contribution in [2.75, 3.05) is 57.1 Å². The molecule has 196 valence electrons. The number of ether oxygens (including phenoxy) is 2. The fourth-order valence-electron chi connectivity index (χ4n) is 4.25. The summed E-state index contributed by atoms with van der Waals surface area (Å²) in [4.78, 5) is 20.1. The number of rotatable bonds is 8. The van der Waals surface area contributed by atoms with Gasteiger partial charge in [0.05, 0.1) is 24.5 Å². The quantitative estimate of drug-likeness (QED) is 0.266. The van der Waals surface area contributed by atoms with Crippen LogP contribution in [0.15, 0.2) is 52.1 Å². The van der Waals surface area contributed by atoms with Gasteiger partial charge in [-0.1, -0.05) is 6.92 Å². The number of H-pyrrole nitrogens is 1. The molecule has 1 fully saturated rings. The van der Waals surface area contributed by atoms with E-state index in [4.69, 9.17) is 9.47 Å². The smallest absolute Gasteiger partial charge is 0.266 e. The number of anilines is 2. The average molecular weight is 512 g/mol. The van der Waals surface area contributed by atoms with Crippen LogP contribution in [0.2, 0.25) is 0 Å². The third-order valence-corrected chi connectivity index (χ3v) is 6.27. The highest BCUT2D eigenvalue weighted by atomic mass is 19.1. The molecule has 37 heavy (non-hydrogen) atoms. The number of aromatic nitrogens is 2. The van der Waals surface area contributed by atoms with Crippen LogP contribution < -0.4 is 15.0 Å². The molecular weight excluding hydrogens is 480 g/mol. The third-order valence-electron chi connectivity index (χ3n) is 6.27. The molecule has 0 atom stereocenters. The van der Waals surface area contributed by atoms with Crippen molar-refractivity contribution in [1.29, 1.82) is 0 Å². The van der Waals surface area contributed by atoms with Crippen LogP contribution in [0.25, 0.3) is 10.9 Å². The van der Waals surface area contributed by atoms with E-state index in [2.05, 4.69) is 48.7 Å². The van der Waals surface area contributed by atoms with Gasteiger partial charge in [-0.25, -0.2) is 18.8 Å². The molecule has 1 aliphatic rings. The molecule has 0 aliphatic carbocycles. The molecule has 4 rings (SSSR count). The fraction of sp³-hybridized carbons (Fsp3) is 0.346. The molecule has 0 saturated carbocycles. The van der Waals surface area contributed by atoms with Crippen molar-refractivity contribution in [3.8, 4) is 5.75 Å². The van der Waals surface area contributed by atoms with Crippen LogP contribution in [0.5, 0.6) is 5.75 Å². The van der Waals surface area contributed by atoms with E-state index in [9.17, 15) is 4.39 Å². The van der Waals surface area contributed by atoms with E-state index in [0.717, 1.165) is 44.5 Å². The van der Waals surface area contributed by atoms with Crippen LogP contribution in [-0.2, 0) is 4.74 Å². The van der Waals surface area contributed by atoms with Gasteiger partial charge in [-0.2, -0.15) is 0 Å². The first-order valence-electron chi connectivity index (χ1n) is 12.0. The number of amidine groups is 1. The number of nitrogens with one attached hydrogen (secondary N) is 2. The van der Waals surface area contributed by atoms with Gasteiger partial charge in [-0.05, 0) is 38.4 Å². The van der Waals surface area contributed by atoms with Gasteiger partial charge >= 0.3 is 0 Å². The molecule has 0 unspecified atom stereocenters. The minimum Gasteiger partial charge on any atom is -0.489 e. The summed E-state index contributed by atoms with van der Waals surface area (Å²) in [5.41, 5.74) is 1.71. The minimum absolute atomic E-state index is 0.0456. The van der Waals surface area contributed by atoms with Crippen molar-refractivity contribution < 1.29 is 18.3 Å². The van der Waals surface area contributed by atoms with Crippen molar-refractivity contribution in [3.63, 3.8) is 0 Å². The normalized spacial score (nSPS) is 15.5. The number of nitrogens with zero attached hydrogens (tertiary/aromatic N) is 5. The largest absolute Gasteiger partial charge is 0.489 e. The standard InChI is InChI=1S/C26H31F2N7O2/c1-6-34-9-11-35(12-10-34)17-7-8-21(31-15-17)33-25(29-3)24(36-5)26(30-4)37-20-14-19(27)23-18(22(20)28)13-16(2)32-23/h7-8,13-15,32H,4,6,9-12H2,1-3,5H3,(H,29,31,33)/b26-24-. The zero-order valence-corrected chi connectivity index (χ0v) is 21.4. The van der Waals surface area contributed by atoms with Gasteiger partial charge < -0.3 is 29.6 Å². The van der Waals surface area contributed by atoms with Gasteiger partial charge in [-0.15, -0.1) is 0 Å². The summed E-state index contributed by atoms with van der Waals surface area (Å²) in [6.45, 7) is 12.4. The molecule has 1 saturated heterocycles. The Morgan fingerprint density at radius 3 is 2.57 bits per heavy atom. The Morgan fingerprint density at radius 1 is 1.22 bits per heavy atom. The van der Waals surface area contributed by atoms with E-state index in [1.165, 1.54) is 13.2 Å². The molecule has 0 radical (unpaired) electrons. The summed E-state index contributed by atoms with van der Waals surface area (Å²) < 4.78 is 40.8. The van der Waals surface area contributed by atoms with Crippen LogP contribution in [0.4, 0.5) is 20.3 Å². The predicted molar refractivity (Wildman–Crippen MR) is 143 cm³/mol. The maximum Gasteiger partial charge on any atom is 0.266 e. The lowest BCUT2D eigenvalue weighted by Gasteiger charge is -2.35. The molecule has 2 N–H and O–H groups in total. The topological polar surface area (TPSA) is 90.4 Å². The third kappa shape index (κ3) is 5.56. The molecule has 0 spiro atoms. The molecule has 3 heterocycles. The molecule has 1 aromatic carbocycles. The fourth-order valence-corrected chi connectivity index (χ4v) is 4.25. The lowest BCUT2D eigenvalue weighted by molar-refractivity contribution is 0.271. The predicted octanol–water partition coefficient (Wildman–Crippen LogP) is 4.33. The van der Waals surface area contributed by atoms with Gasteiger partial charge in [0, 0.05) is 50.4 Å². The number of methoxy groups -OCH3 is 1. The zero-order chi connectivity index (χ0) is 26.5. The summed E-state index contributed by atoms with van der Waals surface area (Å²) in [5.74, 6) is -1.17. The number of fused-ring (bicyclic) bond motifs is 1. The van der Waals surface area contributed by atoms with Crippen LogP contribution in [0.1, 0.15) is 12.6 Å². The van der Waals surface area contributed by atoms with Crippen molar-refractivity contribution in [1.82, 2.24) is 14.9 Å². The number of piperazine rings is 1. The first kappa shape index (κ1) is 26.1. The average Bonchev–Trinajstić information content (AvgIpc) is 3.33. The number of benzene rings is 1. The number of aromatic amines is 1. The first-order chi connectivity index (χ1) is 17.9. The SMILES string of the molecule is C=N/C(Oc1cc(F)c2[nH]c(C)cc2c1F)=C(OC)\C(=N/C)Nc1ccc(N2CCN(CC)CC2)cn1. The summed E-state index contributed by atoms with van der Waals surface area (Å²) in [5, 5.41) is 3.14. The second-order valence-electron chi connectivity index (χ2n) is 8.53. The van der Waals surface area contributed by atoms with Crippen molar-refractivity contribution in [3.05, 3.63) is 59.4 Å². The second-order valence-corrected chi connectivity index (χ2v) is 8.53. The highest BCUT2D eigenvalue weighted by Crippen LogP contribution is 2.31. The van der Waals surface area contributed by atoms with Gasteiger partial charge in [0.25, 0.3) is 5.88 Å². The summed E-state index contributed by atoms with van der Waals surface area (Å²) in [6, 6.07) is 6.26. The Morgan fingerprint density at radius 2 is 1.97 bits per heavy atom. The number of hydrogen-bond acceptors (Lipinski definition) is 7. The molecule has 1 aliphatic heterocycles. The van der Waals surface area contributed by atoms with Gasteiger partial charge in [0.2, 0.25) is 5.76 Å². The Balaban J connectivity index is 1.55. The molecule has 2 aromatic heterocycles. The summed E-state index contributed by atoms with van der Waals surface area (Å²) in [7, 11) is 2.93. The molecule has 11 heteroatoms. The zero-order valence-electron chi connectivity index (χ0n) is 21.4. The Labute approximate surface area is 214 Å². The van der Waals surface area contributed by atoms with E-state index in [1.54, 1.807) is 20.2 Å². The molecular formula is C26H31F2N7O2.